The molecule has 1 atom stereocenters. The number of allylic oxidation sites excluding steroid dienone is 2. The number of carboxylic acids is 1. The largest absolute Gasteiger partial charge is 0.478 e. The second-order valence-electron chi connectivity index (χ2n) is 4.02. The van der Waals surface area contributed by atoms with Crippen LogP contribution in [0.15, 0.2) is 24.3 Å². The van der Waals surface area contributed by atoms with Crippen molar-refractivity contribution in [3.63, 3.8) is 0 Å². The van der Waals surface area contributed by atoms with Crippen molar-refractivity contribution in [1.29, 1.82) is 0 Å². The highest BCUT2D eigenvalue weighted by Gasteiger charge is 2.09. The molecular formula is C14H22O4. The molecule has 0 rings (SSSR count). The summed E-state index contributed by atoms with van der Waals surface area (Å²) in [5, 5.41) is 8.35. The highest BCUT2D eigenvalue weighted by Crippen LogP contribution is 2.10. The van der Waals surface area contributed by atoms with Crippen LogP contribution in [-0.2, 0) is 14.3 Å². The maximum atomic E-state index is 11.4. The molecule has 18 heavy (non-hydrogen) atoms. The number of unbranched alkanes of at least 4 members (excludes halogenated alkanes) is 2. The Morgan fingerprint density at radius 3 is 2.39 bits per heavy atom. The van der Waals surface area contributed by atoms with Gasteiger partial charge in [-0.15, -0.1) is 0 Å². The van der Waals surface area contributed by atoms with E-state index in [0.717, 1.165) is 38.2 Å². The third-order valence-corrected chi connectivity index (χ3v) is 2.45. The molecule has 0 heterocycles. The summed E-state index contributed by atoms with van der Waals surface area (Å²) in [5.74, 6) is -1.47. The SMILES string of the molecule is CCCCCC(CC)OC(=O)C=CC=CC(=O)O. The van der Waals surface area contributed by atoms with Crippen molar-refractivity contribution in [2.75, 3.05) is 0 Å². The number of carbonyl (C=O) groups is 2. The smallest absolute Gasteiger partial charge is 0.331 e. The molecule has 1 unspecified atom stereocenters. The molecule has 0 spiro atoms. The van der Waals surface area contributed by atoms with Crippen LogP contribution in [-0.4, -0.2) is 23.1 Å². The number of aliphatic carboxylic acids is 1. The van der Waals surface area contributed by atoms with Gasteiger partial charge in [0.1, 0.15) is 6.10 Å². The molecule has 0 aromatic rings. The van der Waals surface area contributed by atoms with E-state index >= 15 is 0 Å². The van der Waals surface area contributed by atoms with E-state index in [2.05, 4.69) is 6.92 Å². The molecule has 0 radical (unpaired) electrons. The number of ether oxygens (including phenoxy) is 1. The fraction of sp³-hybridized carbons (Fsp3) is 0.571. The Morgan fingerprint density at radius 2 is 1.83 bits per heavy atom. The van der Waals surface area contributed by atoms with Crippen LogP contribution >= 0.6 is 0 Å². The molecule has 0 aliphatic rings. The Hall–Kier alpha value is -1.58. The van der Waals surface area contributed by atoms with E-state index in [1.807, 2.05) is 6.92 Å². The fourth-order valence-corrected chi connectivity index (χ4v) is 1.44. The van der Waals surface area contributed by atoms with Crippen molar-refractivity contribution in [3.8, 4) is 0 Å². The lowest BCUT2D eigenvalue weighted by Crippen LogP contribution is -2.15. The lowest BCUT2D eigenvalue weighted by atomic mass is 10.1. The average molecular weight is 254 g/mol. The van der Waals surface area contributed by atoms with Gasteiger partial charge in [0.25, 0.3) is 0 Å². The van der Waals surface area contributed by atoms with E-state index in [4.69, 9.17) is 9.84 Å². The van der Waals surface area contributed by atoms with Gasteiger partial charge in [0, 0.05) is 12.2 Å². The first-order valence-corrected chi connectivity index (χ1v) is 6.38. The van der Waals surface area contributed by atoms with E-state index in [-0.39, 0.29) is 6.10 Å². The van der Waals surface area contributed by atoms with Gasteiger partial charge in [-0.05, 0) is 19.3 Å². The molecule has 0 aromatic heterocycles. The predicted molar refractivity (Wildman–Crippen MR) is 70.2 cm³/mol. The Morgan fingerprint density at radius 1 is 1.17 bits per heavy atom. The van der Waals surface area contributed by atoms with Gasteiger partial charge < -0.3 is 9.84 Å². The number of esters is 1. The molecule has 4 nitrogen and oxygen atoms in total. The Balaban J connectivity index is 3.99. The molecule has 0 aliphatic heterocycles. The summed E-state index contributed by atoms with van der Waals surface area (Å²) in [5.41, 5.74) is 0. The van der Waals surface area contributed by atoms with Gasteiger partial charge in [0.15, 0.2) is 0 Å². The van der Waals surface area contributed by atoms with E-state index in [9.17, 15) is 9.59 Å². The van der Waals surface area contributed by atoms with Crippen LogP contribution in [0.1, 0.15) is 46.0 Å². The standard InChI is InChI=1S/C14H22O4/c1-3-5-6-9-12(4-2)18-14(17)11-8-7-10-13(15)16/h7-8,10-12H,3-6,9H2,1-2H3,(H,15,16). The molecule has 4 heteroatoms. The number of hydrogen-bond donors (Lipinski definition) is 1. The van der Waals surface area contributed by atoms with Crippen LogP contribution in [0.5, 0.6) is 0 Å². The molecule has 102 valence electrons. The lowest BCUT2D eigenvalue weighted by molar-refractivity contribution is -0.143. The molecule has 0 aromatic carbocycles. The van der Waals surface area contributed by atoms with Crippen molar-refractivity contribution in [1.82, 2.24) is 0 Å². The Kier molecular flexibility index (Phi) is 9.64. The molecule has 0 aliphatic carbocycles. The van der Waals surface area contributed by atoms with Crippen molar-refractivity contribution in [3.05, 3.63) is 24.3 Å². The highest BCUT2D eigenvalue weighted by atomic mass is 16.5. The van der Waals surface area contributed by atoms with Gasteiger partial charge in [0.2, 0.25) is 0 Å². The van der Waals surface area contributed by atoms with Crippen molar-refractivity contribution >= 4 is 11.9 Å². The maximum Gasteiger partial charge on any atom is 0.331 e. The van der Waals surface area contributed by atoms with Gasteiger partial charge in [0.05, 0.1) is 0 Å². The van der Waals surface area contributed by atoms with Crippen molar-refractivity contribution < 1.29 is 19.4 Å². The minimum absolute atomic E-state index is 0.0443. The van der Waals surface area contributed by atoms with Gasteiger partial charge in [-0.25, -0.2) is 9.59 Å². The van der Waals surface area contributed by atoms with E-state index in [1.54, 1.807) is 0 Å². The maximum absolute atomic E-state index is 11.4. The zero-order valence-electron chi connectivity index (χ0n) is 11.1. The first kappa shape index (κ1) is 16.4. The van der Waals surface area contributed by atoms with Gasteiger partial charge in [-0.2, -0.15) is 0 Å². The first-order valence-electron chi connectivity index (χ1n) is 6.38. The lowest BCUT2D eigenvalue weighted by Gasteiger charge is -2.14. The normalized spacial score (nSPS) is 13.0. The molecule has 0 fully saturated rings. The Bertz CT molecular complexity index is 305. The molecule has 1 N–H and O–H groups in total. The topological polar surface area (TPSA) is 63.6 Å². The number of hydrogen-bond acceptors (Lipinski definition) is 3. The minimum Gasteiger partial charge on any atom is -0.478 e. The molecule has 0 saturated carbocycles. The van der Waals surface area contributed by atoms with Gasteiger partial charge >= 0.3 is 11.9 Å². The third-order valence-electron chi connectivity index (χ3n) is 2.45. The number of carbonyl (C=O) groups excluding carboxylic acids is 1. The summed E-state index contributed by atoms with van der Waals surface area (Å²) in [7, 11) is 0. The minimum atomic E-state index is -1.04. The first-order chi connectivity index (χ1) is 8.60. The summed E-state index contributed by atoms with van der Waals surface area (Å²) >= 11 is 0. The molecule has 0 bridgehead atoms. The molecule has 0 saturated heterocycles. The van der Waals surface area contributed by atoms with E-state index in [0.29, 0.717) is 0 Å². The van der Waals surface area contributed by atoms with Crippen LogP contribution < -0.4 is 0 Å². The Labute approximate surface area is 108 Å². The van der Waals surface area contributed by atoms with Gasteiger partial charge in [-0.3, -0.25) is 0 Å². The molecular weight excluding hydrogens is 232 g/mol. The van der Waals surface area contributed by atoms with E-state index in [1.165, 1.54) is 18.2 Å². The van der Waals surface area contributed by atoms with Crippen molar-refractivity contribution in [2.24, 2.45) is 0 Å². The monoisotopic (exact) mass is 254 g/mol. The summed E-state index contributed by atoms with van der Waals surface area (Å²) in [4.78, 5) is 21.6. The molecule has 0 amide bonds. The fourth-order valence-electron chi connectivity index (χ4n) is 1.44. The summed E-state index contributed by atoms with van der Waals surface area (Å²) in [6, 6.07) is 0. The quantitative estimate of drug-likeness (QED) is 0.297. The second kappa shape index (κ2) is 10.6. The predicted octanol–water partition coefficient (Wildman–Crippen LogP) is 3.09. The van der Waals surface area contributed by atoms with Crippen LogP contribution in [0, 0.1) is 0 Å². The number of carboxylic acid groups (broad SMARTS) is 1. The van der Waals surface area contributed by atoms with Crippen molar-refractivity contribution in [2.45, 2.75) is 52.1 Å². The summed E-state index contributed by atoms with van der Waals surface area (Å²) in [6.45, 7) is 4.11. The average Bonchev–Trinajstić information content (AvgIpc) is 2.33. The van der Waals surface area contributed by atoms with Crippen LogP contribution in [0.3, 0.4) is 0 Å². The highest BCUT2D eigenvalue weighted by molar-refractivity contribution is 5.83. The van der Waals surface area contributed by atoms with E-state index < -0.39 is 11.9 Å². The summed E-state index contributed by atoms with van der Waals surface area (Å²) < 4.78 is 5.25. The zero-order valence-corrected chi connectivity index (χ0v) is 11.1. The van der Waals surface area contributed by atoms with Crippen LogP contribution in [0.25, 0.3) is 0 Å². The third kappa shape index (κ3) is 9.63. The zero-order chi connectivity index (χ0) is 13.8. The van der Waals surface area contributed by atoms with Crippen LogP contribution in [0.4, 0.5) is 0 Å². The van der Waals surface area contributed by atoms with Gasteiger partial charge in [-0.1, -0.05) is 38.8 Å². The second-order valence-corrected chi connectivity index (χ2v) is 4.02. The number of rotatable bonds is 9. The van der Waals surface area contributed by atoms with Crippen LogP contribution in [0.2, 0.25) is 0 Å². The summed E-state index contributed by atoms with van der Waals surface area (Å²) in [6.07, 6.45) is 9.85.